The van der Waals surface area contributed by atoms with Gasteiger partial charge in [0.2, 0.25) is 0 Å². The van der Waals surface area contributed by atoms with Gasteiger partial charge in [-0.3, -0.25) is 4.79 Å². The number of aliphatic hydroxyl groups is 1. The molecule has 3 N–H and O–H groups in total. The lowest BCUT2D eigenvalue weighted by Crippen LogP contribution is -2.61. The molecule has 1 saturated heterocycles. The van der Waals surface area contributed by atoms with Crippen molar-refractivity contribution in [3.05, 3.63) is 34.8 Å². The molecule has 2 unspecified atom stereocenters. The quantitative estimate of drug-likeness (QED) is 0.694. The molecule has 1 amide bonds. The Morgan fingerprint density at radius 1 is 1.35 bits per heavy atom. The Morgan fingerprint density at radius 3 is 2.54 bits per heavy atom. The first-order valence-corrected chi connectivity index (χ1v) is 8.89. The zero-order chi connectivity index (χ0) is 19.1. The van der Waals surface area contributed by atoms with Gasteiger partial charge in [-0.2, -0.15) is 5.26 Å². The number of hydrogen-bond donors (Lipinski definition) is 3. The predicted molar refractivity (Wildman–Crippen MR) is 96.4 cm³/mol. The second kappa shape index (κ2) is 6.45. The van der Waals surface area contributed by atoms with Gasteiger partial charge >= 0.3 is 0 Å². The van der Waals surface area contributed by atoms with Gasteiger partial charge in [0.1, 0.15) is 17.2 Å². The number of fused-ring (bicyclic) bond motifs is 1. The largest absolute Gasteiger partial charge is 0.387 e. The Kier molecular flexibility index (Phi) is 4.59. The summed E-state index contributed by atoms with van der Waals surface area (Å²) in [4.78, 5) is 14.6. The summed E-state index contributed by atoms with van der Waals surface area (Å²) >= 11 is 0. The summed E-state index contributed by atoms with van der Waals surface area (Å²) in [5.41, 5.74) is 1.15. The molecular weight excluding hydrogens is 332 g/mol. The lowest BCUT2D eigenvalue weighted by atomic mass is 9.81. The van der Waals surface area contributed by atoms with E-state index in [1.54, 1.807) is 26.2 Å². The van der Waals surface area contributed by atoms with Crippen molar-refractivity contribution in [1.82, 2.24) is 15.5 Å². The summed E-state index contributed by atoms with van der Waals surface area (Å²) < 4.78 is 5.61. The van der Waals surface area contributed by atoms with Crippen LogP contribution >= 0.6 is 0 Å². The van der Waals surface area contributed by atoms with Crippen LogP contribution in [0.15, 0.2) is 34.8 Å². The molecule has 0 aromatic rings. The van der Waals surface area contributed by atoms with Crippen LogP contribution in [0, 0.1) is 11.3 Å². The number of rotatable bonds is 3. The number of allylic oxidation sites excluding steroid dienone is 2. The van der Waals surface area contributed by atoms with Gasteiger partial charge in [-0.15, -0.1) is 0 Å². The van der Waals surface area contributed by atoms with E-state index in [4.69, 9.17) is 4.74 Å². The minimum atomic E-state index is -0.777. The first-order chi connectivity index (χ1) is 12.2. The molecule has 1 fully saturated rings. The molecule has 3 rings (SSSR count). The van der Waals surface area contributed by atoms with Gasteiger partial charge in [0, 0.05) is 31.6 Å². The molecule has 0 bridgehead atoms. The topological polar surface area (TPSA) is 97.6 Å². The molecule has 0 aliphatic carbocycles. The van der Waals surface area contributed by atoms with Crippen LogP contribution in [0.4, 0.5) is 0 Å². The smallest absolute Gasteiger partial charge is 0.268 e. The maximum Gasteiger partial charge on any atom is 0.268 e. The maximum absolute atomic E-state index is 12.5. The third-order valence-corrected chi connectivity index (χ3v) is 5.74. The fourth-order valence-corrected chi connectivity index (χ4v) is 3.86. The number of carbonyl (C=O) groups excluding carboxylic acids is 1. The first-order valence-electron chi connectivity index (χ1n) is 8.89. The number of aliphatic hydroxyl groups excluding tert-OH is 1. The van der Waals surface area contributed by atoms with E-state index in [2.05, 4.69) is 28.5 Å². The minimum Gasteiger partial charge on any atom is -0.387 e. The number of amides is 1. The highest BCUT2D eigenvalue weighted by Crippen LogP contribution is 2.39. The number of carbonyl (C=O) groups is 1. The summed E-state index contributed by atoms with van der Waals surface area (Å²) in [5.74, 6) is -0.387. The van der Waals surface area contributed by atoms with Crippen molar-refractivity contribution in [1.29, 1.82) is 5.26 Å². The third kappa shape index (κ3) is 2.89. The van der Waals surface area contributed by atoms with Crippen LogP contribution < -0.4 is 10.6 Å². The third-order valence-electron chi connectivity index (χ3n) is 5.74. The molecule has 26 heavy (non-hydrogen) atoms. The number of methoxy groups -OCH3 is 1. The van der Waals surface area contributed by atoms with E-state index in [1.165, 1.54) is 0 Å². The fraction of sp³-hybridized carbons (Fsp3) is 0.579. The molecule has 3 aliphatic heterocycles. The summed E-state index contributed by atoms with van der Waals surface area (Å²) in [5, 5.41) is 25.8. The normalized spacial score (nSPS) is 28.9. The van der Waals surface area contributed by atoms with Gasteiger partial charge < -0.3 is 25.4 Å². The van der Waals surface area contributed by atoms with Crippen molar-refractivity contribution >= 4 is 5.91 Å². The van der Waals surface area contributed by atoms with Crippen LogP contribution in [0.25, 0.3) is 0 Å². The fourth-order valence-electron chi connectivity index (χ4n) is 3.86. The van der Waals surface area contributed by atoms with E-state index in [1.807, 2.05) is 6.92 Å². The monoisotopic (exact) mass is 358 g/mol. The number of hydrogen-bond acceptors (Lipinski definition) is 6. The Hall–Kier alpha value is -2.30. The van der Waals surface area contributed by atoms with Crippen LogP contribution in [0.5, 0.6) is 0 Å². The highest BCUT2D eigenvalue weighted by Gasteiger charge is 2.47. The van der Waals surface area contributed by atoms with Gasteiger partial charge in [-0.25, -0.2) is 0 Å². The molecule has 2 atom stereocenters. The molecule has 3 heterocycles. The Bertz CT molecular complexity index is 751. The van der Waals surface area contributed by atoms with E-state index in [0.29, 0.717) is 30.2 Å². The van der Waals surface area contributed by atoms with Crippen LogP contribution in [0.1, 0.15) is 33.6 Å². The van der Waals surface area contributed by atoms with Crippen molar-refractivity contribution in [2.45, 2.75) is 50.9 Å². The number of piperidine rings is 1. The molecule has 0 spiro atoms. The summed E-state index contributed by atoms with van der Waals surface area (Å²) in [7, 11) is 1.72. The van der Waals surface area contributed by atoms with E-state index < -0.39 is 11.6 Å². The highest BCUT2D eigenvalue weighted by atomic mass is 16.5. The minimum absolute atomic E-state index is 0.116. The van der Waals surface area contributed by atoms with Crippen molar-refractivity contribution in [3.63, 3.8) is 0 Å². The van der Waals surface area contributed by atoms with Crippen molar-refractivity contribution < 1.29 is 14.6 Å². The van der Waals surface area contributed by atoms with Crippen LogP contribution in [-0.2, 0) is 9.53 Å². The van der Waals surface area contributed by atoms with Crippen LogP contribution in [0.2, 0.25) is 0 Å². The number of nitriles is 1. The summed E-state index contributed by atoms with van der Waals surface area (Å²) in [6.07, 6.45) is 4.50. The second-order valence-corrected chi connectivity index (χ2v) is 7.56. The average molecular weight is 358 g/mol. The van der Waals surface area contributed by atoms with Gasteiger partial charge in [-0.05, 0) is 45.8 Å². The molecule has 7 heteroatoms. The standard InChI is InChI=1S/C19H26N4O3/c1-12(24)14-5-6-15-19(3,22-14)16(13(11-20)17(25)21-15)23-9-7-18(2,26-4)8-10-23/h5-6,12,22,24H,7-10H2,1-4H3,(H,21,25). The van der Waals surface area contributed by atoms with E-state index in [9.17, 15) is 15.2 Å². The highest BCUT2D eigenvalue weighted by molar-refractivity contribution is 6.01. The van der Waals surface area contributed by atoms with Gasteiger partial charge in [0.15, 0.2) is 0 Å². The summed E-state index contributed by atoms with van der Waals surface area (Å²) in [6.45, 7) is 7.08. The Balaban J connectivity index is 2.03. The predicted octanol–water partition coefficient (Wildman–Crippen LogP) is 0.905. The molecule has 0 radical (unpaired) electrons. The van der Waals surface area contributed by atoms with Crippen LogP contribution in [-0.4, -0.2) is 53.4 Å². The van der Waals surface area contributed by atoms with Gasteiger partial charge in [0.05, 0.1) is 17.4 Å². The second-order valence-electron chi connectivity index (χ2n) is 7.56. The molecule has 7 nitrogen and oxygen atoms in total. The number of nitrogens with zero attached hydrogens (tertiary/aromatic N) is 2. The molecule has 0 aromatic carbocycles. The Morgan fingerprint density at radius 2 is 2.00 bits per heavy atom. The molecule has 0 saturated carbocycles. The lowest BCUT2D eigenvalue weighted by Gasteiger charge is -2.49. The lowest BCUT2D eigenvalue weighted by molar-refractivity contribution is -0.117. The zero-order valence-corrected chi connectivity index (χ0v) is 15.7. The number of dihydropyridines is 1. The number of likely N-dealkylation sites (tertiary alicyclic amines) is 1. The van der Waals surface area contributed by atoms with Gasteiger partial charge in [0.25, 0.3) is 5.91 Å². The van der Waals surface area contributed by atoms with Crippen LogP contribution in [0.3, 0.4) is 0 Å². The Labute approximate surface area is 154 Å². The molecule has 0 aromatic heterocycles. The van der Waals surface area contributed by atoms with E-state index in [0.717, 1.165) is 12.8 Å². The van der Waals surface area contributed by atoms with Crippen molar-refractivity contribution in [3.8, 4) is 6.07 Å². The summed E-state index contributed by atoms with van der Waals surface area (Å²) in [6, 6.07) is 2.08. The van der Waals surface area contributed by atoms with Gasteiger partial charge in [-0.1, -0.05) is 0 Å². The average Bonchev–Trinajstić information content (AvgIpc) is 2.61. The van der Waals surface area contributed by atoms with Crippen molar-refractivity contribution in [2.75, 3.05) is 20.2 Å². The van der Waals surface area contributed by atoms with Crippen molar-refractivity contribution in [2.24, 2.45) is 0 Å². The van der Waals surface area contributed by atoms with E-state index >= 15 is 0 Å². The zero-order valence-electron chi connectivity index (χ0n) is 15.7. The molecule has 3 aliphatic rings. The molecular formula is C19H26N4O3. The van der Waals surface area contributed by atoms with E-state index in [-0.39, 0.29) is 17.1 Å². The maximum atomic E-state index is 12.5. The number of ether oxygens (including phenoxy) is 1. The first kappa shape index (κ1) is 18.5. The SMILES string of the molecule is COC1(C)CCN(C2=C(C#N)C(=O)NC3=CC=C(C(C)O)NC32C)CC1. The number of nitrogens with one attached hydrogen (secondary N) is 2. The molecule has 140 valence electrons.